The fourth-order valence-electron chi connectivity index (χ4n) is 7.32. The molecule has 0 spiro atoms. The maximum absolute atomic E-state index is 12.6. The summed E-state index contributed by atoms with van der Waals surface area (Å²) in [6.07, 6.45) is 67.9. The third-order valence-electron chi connectivity index (χ3n) is 11.3. The van der Waals surface area contributed by atoms with E-state index in [0.717, 1.165) is 83.5 Å². The van der Waals surface area contributed by atoms with Crippen LogP contribution in [0.4, 0.5) is 0 Å². The van der Waals surface area contributed by atoms with Crippen LogP contribution in [0.15, 0.2) is 85.1 Å². The molecule has 0 radical (unpaired) electrons. The quantitative estimate of drug-likeness (QED) is 0.0264. The van der Waals surface area contributed by atoms with Gasteiger partial charge < -0.3 is 20.1 Å². The zero-order chi connectivity index (χ0) is 48.8. The molecule has 0 bridgehead atoms. The Morgan fingerprint density at radius 2 is 0.821 bits per heavy atom. The number of allylic oxidation sites excluding steroid dienone is 14. The Bertz CT molecular complexity index is 1370. The number of phosphoric ester groups is 1. The van der Waals surface area contributed by atoms with Crippen LogP contribution in [-0.2, 0) is 32.7 Å². The molecule has 2 atom stereocenters. The zero-order valence-corrected chi connectivity index (χ0v) is 43.8. The molecule has 0 amide bonds. The fourth-order valence-corrected chi connectivity index (χ4v) is 8.09. The van der Waals surface area contributed by atoms with Crippen molar-refractivity contribution >= 4 is 19.8 Å². The van der Waals surface area contributed by atoms with Crippen LogP contribution >= 0.6 is 7.82 Å². The van der Waals surface area contributed by atoms with Gasteiger partial charge in [-0.3, -0.25) is 18.6 Å². The van der Waals surface area contributed by atoms with Gasteiger partial charge in [0, 0.05) is 19.4 Å². The summed E-state index contributed by atoms with van der Waals surface area (Å²) < 4.78 is 32.9. The number of carbonyl (C=O) groups excluding carboxylic acids is 2. The van der Waals surface area contributed by atoms with E-state index >= 15 is 0 Å². The highest BCUT2D eigenvalue weighted by Crippen LogP contribution is 2.43. The number of carbonyl (C=O) groups is 2. The minimum atomic E-state index is -4.38. The van der Waals surface area contributed by atoms with Crippen molar-refractivity contribution in [1.82, 2.24) is 0 Å². The van der Waals surface area contributed by atoms with Crippen molar-refractivity contribution in [3.05, 3.63) is 85.1 Å². The maximum atomic E-state index is 12.6. The van der Waals surface area contributed by atoms with Crippen LogP contribution in [0.25, 0.3) is 0 Å². The summed E-state index contributed by atoms with van der Waals surface area (Å²) in [6.45, 7) is 3.62. The molecule has 9 nitrogen and oxygen atoms in total. The lowest BCUT2D eigenvalue weighted by molar-refractivity contribution is -0.161. The number of phosphoric acid groups is 1. The number of nitrogens with two attached hydrogens (primary N) is 1. The maximum Gasteiger partial charge on any atom is 0.472 e. The number of esters is 2. The van der Waals surface area contributed by atoms with Crippen LogP contribution < -0.4 is 5.73 Å². The first-order valence-electron chi connectivity index (χ1n) is 27.1. The first-order chi connectivity index (χ1) is 32.8. The molecule has 2 unspecified atom stereocenters. The predicted octanol–water partition coefficient (Wildman–Crippen LogP) is 16.7. The average Bonchev–Trinajstić information content (AvgIpc) is 3.32. The Morgan fingerprint density at radius 3 is 1.22 bits per heavy atom. The first-order valence-corrected chi connectivity index (χ1v) is 28.6. The smallest absolute Gasteiger partial charge is 0.462 e. The summed E-state index contributed by atoms with van der Waals surface area (Å²) in [4.78, 5) is 35.0. The Balaban J connectivity index is 3.90. The first kappa shape index (κ1) is 64.2. The van der Waals surface area contributed by atoms with Crippen molar-refractivity contribution in [2.75, 3.05) is 26.4 Å². The lowest BCUT2D eigenvalue weighted by Gasteiger charge is -2.19. The predicted molar refractivity (Wildman–Crippen MR) is 284 cm³/mol. The topological polar surface area (TPSA) is 134 Å². The summed E-state index contributed by atoms with van der Waals surface area (Å²) in [5.41, 5.74) is 5.36. The van der Waals surface area contributed by atoms with Crippen molar-refractivity contribution in [3.8, 4) is 0 Å². The average molecular weight is 958 g/mol. The van der Waals surface area contributed by atoms with E-state index in [0.29, 0.717) is 6.42 Å². The second-order valence-corrected chi connectivity index (χ2v) is 19.2. The van der Waals surface area contributed by atoms with Gasteiger partial charge in [-0.1, -0.05) is 234 Å². The summed E-state index contributed by atoms with van der Waals surface area (Å²) >= 11 is 0. The van der Waals surface area contributed by atoms with Gasteiger partial charge in [-0.25, -0.2) is 4.57 Å². The second kappa shape index (κ2) is 52.6. The standard InChI is InChI=1S/C57H100NO8P/c1-3-5-7-9-11-13-15-16-17-18-19-20-21-22-23-24-25-26-27-28-29-30-31-32-33-34-35-36-37-38-40-42-44-46-48-50-57(60)66-55(54-65-67(61,62)64-52-51-58)53-63-56(59)49-47-45-43-41-39-14-12-10-8-6-4-2/h5,7,11,13,16-17,19-20,22-23,25-26,28-29,55H,3-4,6,8-10,12,14-15,18,21,24,27,30-54,58H2,1-2H3,(H,61,62)/b7-5-,13-11-,17-16-,20-19-,23-22-,26-25-,29-28-. The van der Waals surface area contributed by atoms with Gasteiger partial charge in [0.2, 0.25) is 0 Å². The molecule has 0 fully saturated rings. The lowest BCUT2D eigenvalue weighted by Crippen LogP contribution is -2.29. The molecule has 0 saturated heterocycles. The van der Waals surface area contributed by atoms with Crippen LogP contribution in [-0.4, -0.2) is 49.3 Å². The van der Waals surface area contributed by atoms with E-state index in [9.17, 15) is 19.0 Å². The van der Waals surface area contributed by atoms with Crippen LogP contribution in [0, 0.1) is 0 Å². The Morgan fingerprint density at radius 1 is 0.463 bits per heavy atom. The number of unbranched alkanes of at least 4 members (excludes halogenated alkanes) is 23. The van der Waals surface area contributed by atoms with Crippen LogP contribution in [0.3, 0.4) is 0 Å². The Hall–Kier alpha value is -2.81. The van der Waals surface area contributed by atoms with Crippen LogP contribution in [0.1, 0.15) is 232 Å². The van der Waals surface area contributed by atoms with E-state index in [4.69, 9.17) is 24.3 Å². The normalized spacial score (nSPS) is 13.8. The van der Waals surface area contributed by atoms with Crippen molar-refractivity contribution in [2.24, 2.45) is 5.73 Å². The van der Waals surface area contributed by atoms with Gasteiger partial charge in [-0.05, 0) is 70.6 Å². The molecule has 0 aliphatic carbocycles. The van der Waals surface area contributed by atoms with Crippen molar-refractivity contribution in [1.29, 1.82) is 0 Å². The van der Waals surface area contributed by atoms with Crippen LogP contribution in [0.5, 0.6) is 0 Å². The lowest BCUT2D eigenvalue weighted by atomic mass is 10.0. The fraction of sp³-hybridized carbons (Fsp3) is 0.719. The third-order valence-corrected chi connectivity index (χ3v) is 12.3. The highest BCUT2D eigenvalue weighted by molar-refractivity contribution is 7.47. The molecular formula is C57H100NO8P. The second-order valence-electron chi connectivity index (χ2n) is 17.7. The molecule has 0 aliphatic heterocycles. The molecular weight excluding hydrogens is 858 g/mol. The van der Waals surface area contributed by atoms with E-state index in [1.54, 1.807) is 0 Å². The molecule has 0 aromatic heterocycles. The van der Waals surface area contributed by atoms with E-state index in [1.807, 2.05) is 0 Å². The van der Waals surface area contributed by atoms with Gasteiger partial charge >= 0.3 is 19.8 Å². The monoisotopic (exact) mass is 958 g/mol. The number of hydrogen-bond acceptors (Lipinski definition) is 8. The SMILES string of the molecule is CC/C=C\C/C=C\C/C=C\C/C=C\C/C=C\C/C=C\C/C=C\CCCCCCCCCCCCCCCC(=O)OC(COC(=O)CCCCCCCCCCCCC)COP(=O)(O)OCCN. The number of ether oxygens (including phenoxy) is 2. The van der Waals surface area contributed by atoms with E-state index in [1.165, 1.54) is 116 Å². The molecule has 0 aromatic rings. The molecule has 0 aliphatic rings. The van der Waals surface area contributed by atoms with Gasteiger partial charge in [0.15, 0.2) is 6.10 Å². The minimum absolute atomic E-state index is 0.0518. The summed E-state index contributed by atoms with van der Waals surface area (Å²) in [5.74, 6) is -0.828. The molecule has 0 rings (SSSR count). The van der Waals surface area contributed by atoms with Gasteiger partial charge in [0.1, 0.15) is 6.61 Å². The number of hydrogen-bond donors (Lipinski definition) is 2. The minimum Gasteiger partial charge on any atom is -0.462 e. The third kappa shape index (κ3) is 52.4. The van der Waals surface area contributed by atoms with Gasteiger partial charge in [-0.15, -0.1) is 0 Å². The molecule has 0 saturated carbocycles. The summed E-state index contributed by atoms with van der Waals surface area (Å²) in [5, 5.41) is 0. The Kier molecular flexibility index (Phi) is 50.4. The molecule has 67 heavy (non-hydrogen) atoms. The zero-order valence-electron chi connectivity index (χ0n) is 42.9. The summed E-state index contributed by atoms with van der Waals surface area (Å²) in [7, 11) is -4.38. The summed E-state index contributed by atoms with van der Waals surface area (Å²) in [6, 6.07) is 0. The van der Waals surface area contributed by atoms with Crippen molar-refractivity contribution in [3.63, 3.8) is 0 Å². The van der Waals surface area contributed by atoms with Gasteiger partial charge in [0.05, 0.1) is 13.2 Å². The van der Waals surface area contributed by atoms with Crippen molar-refractivity contribution in [2.45, 2.75) is 238 Å². The molecule has 386 valence electrons. The molecule has 3 N–H and O–H groups in total. The molecule has 0 heterocycles. The highest BCUT2D eigenvalue weighted by atomic mass is 31.2. The largest absolute Gasteiger partial charge is 0.472 e. The molecule has 0 aromatic carbocycles. The Labute approximate surface area is 411 Å². The van der Waals surface area contributed by atoms with Crippen molar-refractivity contribution < 1.29 is 37.6 Å². The van der Waals surface area contributed by atoms with E-state index in [2.05, 4.69) is 98.9 Å². The van der Waals surface area contributed by atoms with Gasteiger partial charge in [-0.2, -0.15) is 0 Å². The van der Waals surface area contributed by atoms with Crippen LogP contribution in [0.2, 0.25) is 0 Å². The molecule has 10 heteroatoms. The highest BCUT2D eigenvalue weighted by Gasteiger charge is 2.26. The van der Waals surface area contributed by atoms with Gasteiger partial charge in [0.25, 0.3) is 0 Å². The van der Waals surface area contributed by atoms with E-state index in [-0.39, 0.29) is 38.6 Å². The number of rotatable bonds is 50. The van der Waals surface area contributed by atoms with E-state index < -0.39 is 26.5 Å².